The molecule has 0 spiro atoms. The van der Waals surface area contributed by atoms with Gasteiger partial charge in [0, 0.05) is 23.4 Å². The Morgan fingerprint density at radius 3 is 2.84 bits per heavy atom. The summed E-state index contributed by atoms with van der Waals surface area (Å²) in [6.07, 6.45) is 1.07. The summed E-state index contributed by atoms with van der Waals surface area (Å²) in [6.45, 7) is 5.74. The maximum atomic E-state index is 12.1. The van der Waals surface area contributed by atoms with Gasteiger partial charge in [0.25, 0.3) is 5.91 Å². The molecule has 0 bridgehead atoms. The van der Waals surface area contributed by atoms with Gasteiger partial charge in [0.15, 0.2) is 0 Å². The molecule has 0 radical (unpaired) electrons. The maximum Gasteiger partial charge on any atom is 0.256 e. The average Bonchev–Trinajstić information content (AvgIpc) is 2.94. The number of ether oxygens (including phenoxy) is 1. The number of hydrogen-bond donors (Lipinski definition) is 2. The Hall–Kier alpha value is -1.81. The molecule has 1 fully saturated rings. The van der Waals surface area contributed by atoms with E-state index >= 15 is 0 Å². The summed E-state index contributed by atoms with van der Waals surface area (Å²) in [5.74, 6) is 0.824. The van der Waals surface area contributed by atoms with Gasteiger partial charge in [-0.3, -0.25) is 4.79 Å². The molecular weight excluding hydrogens is 240 g/mol. The quantitative estimate of drug-likeness (QED) is 0.799. The monoisotopic (exact) mass is 258 g/mol. The van der Waals surface area contributed by atoms with Crippen molar-refractivity contribution >= 4 is 17.2 Å². The van der Waals surface area contributed by atoms with Gasteiger partial charge in [0.1, 0.15) is 5.75 Å². The third-order valence-corrected chi connectivity index (χ3v) is 3.40. The minimum Gasteiger partial charge on any atom is -0.491 e. The number of carbonyl (C=O) groups is 1. The van der Waals surface area contributed by atoms with Gasteiger partial charge in [-0.05, 0) is 50.6 Å². The molecule has 3 rings (SSSR count). The number of anilines is 1. The number of fused-ring (bicyclic) bond motifs is 1. The molecule has 0 aromatic heterocycles. The zero-order chi connectivity index (χ0) is 13.4. The fraction of sp³-hybridized carbons (Fsp3) is 0.400. The van der Waals surface area contributed by atoms with Crippen molar-refractivity contribution in [3.8, 4) is 5.75 Å². The topological polar surface area (TPSA) is 50.4 Å². The molecule has 2 aliphatic rings. The second-order valence-corrected chi connectivity index (χ2v) is 5.23. The Morgan fingerprint density at radius 2 is 2.16 bits per heavy atom. The van der Waals surface area contributed by atoms with E-state index in [2.05, 4.69) is 10.6 Å². The van der Waals surface area contributed by atoms with Crippen LogP contribution in [0.5, 0.6) is 5.75 Å². The first-order chi connectivity index (χ1) is 9.15. The van der Waals surface area contributed by atoms with Crippen molar-refractivity contribution in [3.63, 3.8) is 0 Å². The first kappa shape index (κ1) is 12.2. The third-order valence-electron chi connectivity index (χ3n) is 3.40. The summed E-state index contributed by atoms with van der Waals surface area (Å²) >= 11 is 0. The van der Waals surface area contributed by atoms with Gasteiger partial charge < -0.3 is 15.4 Å². The van der Waals surface area contributed by atoms with E-state index in [1.54, 1.807) is 0 Å². The van der Waals surface area contributed by atoms with Crippen molar-refractivity contribution in [1.82, 2.24) is 5.32 Å². The minimum atomic E-state index is 0.00963. The van der Waals surface area contributed by atoms with Gasteiger partial charge in [-0.25, -0.2) is 0 Å². The molecule has 1 aromatic carbocycles. The Labute approximate surface area is 112 Å². The van der Waals surface area contributed by atoms with E-state index in [9.17, 15) is 4.79 Å². The van der Waals surface area contributed by atoms with E-state index in [1.165, 1.54) is 5.57 Å². The highest BCUT2D eigenvalue weighted by atomic mass is 16.5. The number of benzene rings is 1. The van der Waals surface area contributed by atoms with E-state index in [-0.39, 0.29) is 12.0 Å². The lowest BCUT2D eigenvalue weighted by atomic mass is 10.0. The summed E-state index contributed by atoms with van der Waals surface area (Å²) in [6, 6.07) is 5.79. The molecule has 0 unspecified atom stereocenters. The Bertz CT molecular complexity index is 553. The molecule has 0 aliphatic carbocycles. The van der Waals surface area contributed by atoms with Crippen LogP contribution in [0.25, 0.3) is 5.57 Å². The van der Waals surface area contributed by atoms with Crippen molar-refractivity contribution in [1.29, 1.82) is 0 Å². The predicted molar refractivity (Wildman–Crippen MR) is 75.2 cm³/mol. The number of hydrogen-bond acceptors (Lipinski definition) is 3. The molecular formula is C15H18N2O2. The van der Waals surface area contributed by atoms with Crippen LogP contribution in [0, 0.1) is 0 Å². The van der Waals surface area contributed by atoms with Crippen molar-refractivity contribution in [2.24, 2.45) is 0 Å². The Morgan fingerprint density at radius 1 is 1.32 bits per heavy atom. The van der Waals surface area contributed by atoms with E-state index in [4.69, 9.17) is 4.74 Å². The second-order valence-electron chi connectivity index (χ2n) is 5.23. The van der Waals surface area contributed by atoms with E-state index < -0.39 is 0 Å². The maximum absolute atomic E-state index is 12.1. The smallest absolute Gasteiger partial charge is 0.256 e. The van der Waals surface area contributed by atoms with Gasteiger partial charge in [0.2, 0.25) is 0 Å². The number of carbonyl (C=O) groups excluding carboxylic acids is 1. The van der Waals surface area contributed by atoms with Crippen LogP contribution in [0.15, 0.2) is 23.8 Å². The Kier molecular flexibility index (Phi) is 3.03. The molecule has 2 heterocycles. The molecule has 19 heavy (non-hydrogen) atoms. The SMILES string of the molecule is CC(C)Oc1ccc2c(c1)/C(=C1\CCNC1)C(=O)N2. The highest BCUT2D eigenvalue weighted by Crippen LogP contribution is 2.37. The molecule has 1 amide bonds. The number of amides is 1. The van der Waals surface area contributed by atoms with Crippen LogP contribution in [0.3, 0.4) is 0 Å². The summed E-state index contributed by atoms with van der Waals surface area (Å²) in [7, 11) is 0. The van der Waals surface area contributed by atoms with Crippen molar-refractivity contribution in [2.75, 3.05) is 18.4 Å². The van der Waals surface area contributed by atoms with Crippen molar-refractivity contribution in [2.45, 2.75) is 26.4 Å². The van der Waals surface area contributed by atoms with Crippen molar-refractivity contribution in [3.05, 3.63) is 29.3 Å². The standard InChI is InChI=1S/C15H18N2O2/c1-9(2)19-11-3-4-13-12(7-11)14(15(18)17-13)10-5-6-16-8-10/h3-4,7,9,16H,5-6,8H2,1-2H3,(H,17,18)/b14-10-. The predicted octanol–water partition coefficient (Wildman–Crippen LogP) is 2.17. The Balaban J connectivity index is 2.03. The lowest BCUT2D eigenvalue weighted by Crippen LogP contribution is -2.09. The fourth-order valence-corrected chi connectivity index (χ4v) is 2.62. The minimum absolute atomic E-state index is 0.00963. The largest absolute Gasteiger partial charge is 0.491 e. The third kappa shape index (κ3) is 2.24. The van der Waals surface area contributed by atoms with Gasteiger partial charge in [0.05, 0.1) is 6.10 Å². The van der Waals surface area contributed by atoms with Crippen LogP contribution >= 0.6 is 0 Å². The molecule has 2 N–H and O–H groups in total. The second kappa shape index (κ2) is 4.70. The summed E-state index contributed by atoms with van der Waals surface area (Å²) in [5.41, 5.74) is 3.88. The van der Waals surface area contributed by atoms with Crippen LogP contribution < -0.4 is 15.4 Å². The van der Waals surface area contributed by atoms with Gasteiger partial charge in [-0.1, -0.05) is 0 Å². The summed E-state index contributed by atoms with van der Waals surface area (Å²) in [4.78, 5) is 12.1. The molecule has 0 atom stereocenters. The van der Waals surface area contributed by atoms with Gasteiger partial charge in [-0.15, -0.1) is 0 Å². The number of rotatable bonds is 2. The first-order valence-electron chi connectivity index (χ1n) is 6.70. The van der Waals surface area contributed by atoms with Gasteiger partial charge >= 0.3 is 0 Å². The van der Waals surface area contributed by atoms with Crippen LogP contribution in [0.2, 0.25) is 0 Å². The lowest BCUT2D eigenvalue weighted by Gasteiger charge is -2.11. The highest BCUT2D eigenvalue weighted by Gasteiger charge is 2.28. The molecule has 1 aromatic rings. The average molecular weight is 258 g/mol. The first-order valence-corrected chi connectivity index (χ1v) is 6.70. The molecule has 4 nitrogen and oxygen atoms in total. The van der Waals surface area contributed by atoms with E-state index in [1.807, 2.05) is 32.0 Å². The van der Waals surface area contributed by atoms with E-state index in [0.717, 1.165) is 42.1 Å². The normalized spacial score (nSPS) is 21.7. The fourth-order valence-electron chi connectivity index (χ4n) is 2.62. The highest BCUT2D eigenvalue weighted by molar-refractivity contribution is 6.32. The van der Waals surface area contributed by atoms with Crippen LogP contribution in [-0.4, -0.2) is 25.1 Å². The summed E-state index contributed by atoms with van der Waals surface area (Å²) in [5, 5.41) is 6.20. The van der Waals surface area contributed by atoms with Crippen molar-refractivity contribution < 1.29 is 9.53 Å². The van der Waals surface area contributed by atoms with Crippen LogP contribution in [0.4, 0.5) is 5.69 Å². The van der Waals surface area contributed by atoms with Gasteiger partial charge in [-0.2, -0.15) is 0 Å². The lowest BCUT2D eigenvalue weighted by molar-refractivity contribution is -0.110. The van der Waals surface area contributed by atoms with E-state index in [0.29, 0.717) is 0 Å². The number of nitrogens with one attached hydrogen (secondary N) is 2. The van der Waals surface area contributed by atoms with Crippen LogP contribution in [-0.2, 0) is 4.79 Å². The molecule has 2 aliphatic heterocycles. The summed E-state index contributed by atoms with van der Waals surface area (Å²) < 4.78 is 5.71. The molecule has 1 saturated heterocycles. The molecule has 0 saturated carbocycles. The zero-order valence-corrected chi connectivity index (χ0v) is 11.2. The zero-order valence-electron chi connectivity index (χ0n) is 11.2. The molecule has 4 heteroatoms. The van der Waals surface area contributed by atoms with Crippen LogP contribution in [0.1, 0.15) is 25.8 Å². The molecule has 100 valence electrons.